The number of non-ortho nitro benzene ring substituents is 1. The molecule has 1 saturated heterocycles. The van der Waals surface area contributed by atoms with E-state index >= 15 is 0 Å². The lowest BCUT2D eigenvalue weighted by atomic mass is 10.1. The zero-order valence-corrected chi connectivity index (χ0v) is 15.5. The molecule has 0 radical (unpaired) electrons. The van der Waals surface area contributed by atoms with Gasteiger partial charge in [-0.1, -0.05) is 30.3 Å². The molecule has 1 aliphatic heterocycles. The lowest BCUT2D eigenvalue weighted by Gasteiger charge is -2.27. The maximum absolute atomic E-state index is 13.0. The van der Waals surface area contributed by atoms with E-state index in [1.807, 2.05) is 30.3 Å². The van der Waals surface area contributed by atoms with E-state index in [1.54, 1.807) is 0 Å². The smallest absolute Gasteiger partial charge is 0.270 e. The van der Waals surface area contributed by atoms with Crippen LogP contribution in [0.25, 0.3) is 0 Å². The van der Waals surface area contributed by atoms with Crippen LogP contribution in [0.4, 0.5) is 11.4 Å². The van der Waals surface area contributed by atoms with Gasteiger partial charge in [-0.15, -0.1) is 0 Å². The van der Waals surface area contributed by atoms with Crippen molar-refractivity contribution in [2.24, 2.45) is 0 Å². The molecular weight excluding hydrogens is 370 g/mol. The minimum atomic E-state index is -3.86. The number of morpholine rings is 1. The van der Waals surface area contributed by atoms with Crippen molar-refractivity contribution in [1.82, 2.24) is 4.31 Å². The Morgan fingerprint density at radius 1 is 1.11 bits per heavy atom. The van der Waals surface area contributed by atoms with Crippen molar-refractivity contribution in [3.05, 3.63) is 64.2 Å². The van der Waals surface area contributed by atoms with E-state index in [1.165, 1.54) is 16.4 Å². The topological polar surface area (TPSA) is 102 Å². The van der Waals surface area contributed by atoms with Gasteiger partial charge in [0.25, 0.3) is 5.69 Å². The van der Waals surface area contributed by atoms with Gasteiger partial charge in [-0.05, 0) is 18.1 Å². The van der Waals surface area contributed by atoms with Gasteiger partial charge in [-0.2, -0.15) is 4.31 Å². The molecule has 0 atom stereocenters. The highest BCUT2D eigenvalue weighted by Gasteiger charge is 2.30. The third kappa shape index (κ3) is 4.62. The fourth-order valence-corrected chi connectivity index (χ4v) is 4.49. The number of sulfonamides is 1. The Labute approximate surface area is 158 Å². The van der Waals surface area contributed by atoms with Gasteiger partial charge < -0.3 is 10.1 Å². The van der Waals surface area contributed by atoms with Crippen LogP contribution in [-0.4, -0.2) is 50.5 Å². The highest BCUT2D eigenvalue weighted by molar-refractivity contribution is 7.89. The second-order valence-corrected chi connectivity index (χ2v) is 8.02. The van der Waals surface area contributed by atoms with Crippen molar-refractivity contribution in [3.8, 4) is 0 Å². The number of nitro groups is 1. The van der Waals surface area contributed by atoms with E-state index in [0.717, 1.165) is 11.6 Å². The number of benzene rings is 2. The van der Waals surface area contributed by atoms with Crippen LogP contribution < -0.4 is 5.32 Å². The molecule has 3 rings (SSSR count). The summed E-state index contributed by atoms with van der Waals surface area (Å²) in [7, 11) is -3.86. The first kappa shape index (κ1) is 19.3. The molecule has 27 heavy (non-hydrogen) atoms. The maximum Gasteiger partial charge on any atom is 0.270 e. The first-order valence-electron chi connectivity index (χ1n) is 8.62. The Morgan fingerprint density at radius 3 is 2.48 bits per heavy atom. The maximum atomic E-state index is 13.0. The number of nitrogens with one attached hydrogen (secondary N) is 1. The summed E-state index contributed by atoms with van der Waals surface area (Å²) in [6, 6.07) is 13.7. The summed E-state index contributed by atoms with van der Waals surface area (Å²) in [4.78, 5) is 10.5. The van der Waals surface area contributed by atoms with Gasteiger partial charge >= 0.3 is 0 Å². The number of ether oxygens (including phenoxy) is 1. The molecule has 0 aromatic heterocycles. The lowest BCUT2D eigenvalue weighted by molar-refractivity contribution is -0.385. The van der Waals surface area contributed by atoms with Gasteiger partial charge in [0.1, 0.15) is 4.90 Å². The fraction of sp³-hybridized carbons (Fsp3) is 0.333. The number of rotatable bonds is 7. The molecule has 0 bridgehead atoms. The lowest BCUT2D eigenvalue weighted by Crippen LogP contribution is -2.40. The van der Waals surface area contributed by atoms with Crippen LogP contribution in [0.3, 0.4) is 0 Å². The van der Waals surface area contributed by atoms with Crippen molar-refractivity contribution in [2.75, 3.05) is 38.2 Å². The van der Waals surface area contributed by atoms with E-state index < -0.39 is 14.9 Å². The van der Waals surface area contributed by atoms with E-state index in [0.29, 0.717) is 31.9 Å². The average molecular weight is 391 g/mol. The molecule has 9 heteroatoms. The van der Waals surface area contributed by atoms with Crippen LogP contribution in [0.2, 0.25) is 0 Å². The monoisotopic (exact) mass is 391 g/mol. The van der Waals surface area contributed by atoms with Gasteiger partial charge in [-0.3, -0.25) is 10.1 Å². The van der Waals surface area contributed by atoms with Gasteiger partial charge in [-0.25, -0.2) is 8.42 Å². The molecule has 0 spiro atoms. The highest BCUT2D eigenvalue weighted by atomic mass is 32.2. The number of nitrogens with zero attached hydrogens (tertiary/aromatic N) is 2. The van der Waals surface area contributed by atoms with Crippen LogP contribution in [0.15, 0.2) is 53.4 Å². The number of anilines is 1. The zero-order valence-electron chi connectivity index (χ0n) is 14.7. The minimum absolute atomic E-state index is 0.0772. The third-order valence-electron chi connectivity index (χ3n) is 4.34. The van der Waals surface area contributed by atoms with Crippen molar-refractivity contribution in [1.29, 1.82) is 0 Å². The zero-order chi connectivity index (χ0) is 19.3. The second-order valence-electron chi connectivity index (χ2n) is 6.12. The number of nitro benzene ring substituents is 1. The molecule has 1 N–H and O–H groups in total. The summed E-state index contributed by atoms with van der Waals surface area (Å²) in [5, 5.41) is 14.2. The van der Waals surface area contributed by atoms with Crippen LogP contribution in [0.1, 0.15) is 5.56 Å². The van der Waals surface area contributed by atoms with Gasteiger partial charge in [0, 0.05) is 31.8 Å². The summed E-state index contributed by atoms with van der Waals surface area (Å²) in [5.74, 6) is 0. The van der Waals surface area contributed by atoms with E-state index in [-0.39, 0.29) is 23.7 Å². The molecule has 1 fully saturated rings. The number of hydrogen-bond acceptors (Lipinski definition) is 6. The van der Waals surface area contributed by atoms with E-state index in [4.69, 9.17) is 4.74 Å². The SMILES string of the molecule is O=[N+]([O-])c1ccc(NCCc2ccccc2)c(S(=O)(=O)N2CCOCC2)c1. The first-order valence-corrected chi connectivity index (χ1v) is 10.1. The second kappa shape index (κ2) is 8.47. The highest BCUT2D eigenvalue weighted by Crippen LogP contribution is 2.29. The van der Waals surface area contributed by atoms with E-state index in [9.17, 15) is 18.5 Å². The third-order valence-corrected chi connectivity index (χ3v) is 6.27. The van der Waals surface area contributed by atoms with Crippen molar-refractivity contribution in [3.63, 3.8) is 0 Å². The normalized spacial score (nSPS) is 15.4. The summed E-state index contributed by atoms with van der Waals surface area (Å²) >= 11 is 0. The molecule has 144 valence electrons. The van der Waals surface area contributed by atoms with Crippen LogP contribution in [0, 0.1) is 10.1 Å². The van der Waals surface area contributed by atoms with Crippen molar-refractivity contribution < 1.29 is 18.1 Å². The van der Waals surface area contributed by atoms with Gasteiger partial charge in [0.2, 0.25) is 10.0 Å². The molecule has 0 aliphatic carbocycles. The predicted octanol–water partition coefficient (Wildman–Crippen LogP) is 2.27. The Kier molecular flexibility index (Phi) is 6.04. The van der Waals surface area contributed by atoms with Crippen LogP contribution >= 0.6 is 0 Å². The number of hydrogen-bond donors (Lipinski definition) is 1. The van der Waals surface area contributed by atoms with Crippen LogP contribution in [-0.2, 0) is 21.2 Å². The Bertz CT molecular complexity index is 896. The Morgan fingerprint density at radius 2 is 1.81 bits per heavy atom. The fourth-order valence-electron chi connectivity index (χ4n) is 2.90. The molecule has 2 aromatic rings. The average Bonchev–Trinajstić information content (AvgIpc) is 2.69. The molecule has 0 saturated carbocycles. The molecule has 1 aliphatic rings. The summed E-state index contributed by atoms with van der Waals surface area (Å²) in [6.45, 7) is 1.59. The van der Waals surface area contributed by atoms with Crippen LogP contribution in [0.5, 0.6) is 0 Å². The summed E-state index contributed by atoms with van der Waals surface area (Å²) < 4.78 is 32.6. The first-order chi connectivity index (χ1) is 13.0. The molecule has 0 amide bonds. The minimum Gasteiger partial charge on any atom is -0.384 e. The van der Waals surface area contributed by atoms with Gasteiger partial charge in [0.05, 0.1) is 23.8 Å². The van der Waals surface area contributed by atoms with Crippen molar-refractivity contribution >= 4 is 21.4 Å². The largest absolute Gasteiger partial charge is 0.384 e. The summed E-state index contributed by atoms with van der Waals surface area (Å²) in [6.07, 6.45) is 0.703. The van der Waals surface area contributed by atoms with E-state index in [2.05, 4.69) is 5.32 Å². The molecule has 2 aromatic carbocycles. The molecule has 1 heterocycles. The van der Waals surface area contributed by atoms with Crippen molar-refractivity contribution in [2.45, 2.75) is 11.3 Å². The standard InChI is InChI=1S/C18H21N3O5S/c22-21(23)16-6-7-17(19-9-8-15-4-2-1-3-5-15)18(14-16)27(24,25)20-10-12-26-13-11-20/h1-7,14,19H,8-13H2. The molecule has 0 unspecified atom stereocenters. The molecular formula is C18H21N3O5S. The van der Waals surface area contributed by atoms with Gasteiger partial charge in [0.15, 0.2) is 0 Å². The summed E-state index contributed by atoms with van der Waals surface area (Å²) in [5.41, 5.74) is 1.22. The molecule has 8 nitrogen and oxygen atoms in total. The predicted molar refractivity (Wildman–Crippen MR) is 101 cm³/mol. The Balaban J connectivity index is 1.85. The quantitative estimate of drug-likeness (QED) is 0.574. The Hall–Kier alpha value is -2.49.